The predicted molar refractivity (Wildman–Crippen MR) is 70.8 cm³/mol. The van der Waals surface area contributed by atoms with Gasteiger partial charge < -0.3 is 9.94 Å². The van der Waals surface area contributed by atoms with Crippen LogP contribution in [-0.2, 0) is 16.1 Å². The Morgan fingerprint density at radius 1 is 1.44 bits per heavy atom. The molecule has 4 nitrogen and oxygen atoms in total. The summed E-state index contributed by atoms with van der Waals surface area (Å²) < 4.78 is 0. The fourth-order valence-corrected chi connectivity index (χ4v) is 1.59. The van der Waals surface area contributed by atoms with E-state index in [1.165, 1.54) is 11.1 Å². The van der Waals surface area contributed by atoms with Gasteiger partial charge in [0.25, 0.3) is 0 Å². The quantitative estimate of drug-likeness (QED) is 0.459. The molecule has 18 heavy (non-hydrogen) atoms. The van der Waals surface area contributed by atoms with E-state index in [1.807, 2.05) is 6.07 Å². The molecule has 0 atom stereocenters. The molecule has 0 saturated heterocycles. The molecule has 0 aliphatic carbocycles. The molecular formula is C14H19NO3. The van der Waals surface area contributed by atoms with Crippen molar-refractivity contribution >= 4 is 11.7 Å². The summed E-state index contributed by atoms with van der Waals surface area (Å²) in [7, 11) is 0. The maximum absolute atomic E-state index is 10.6. The molecule has 1 N–H and O–H groups in total. The lowest BCUT2D eigenvalue weighted by Gasteiger charge is -2.03. The van der Waals surface area contributed by atoms with Crippen molar-refractivity contribution in [2.45, 2.75) is 33.1 Å². The number of hydrogen-bond acceptors (Lipinski definition) is 3. The first-order valence-corrected chi connectivity index (χ1v) is 6.11. The Balaban J connectivity index is 2.29. The number of carbonyl (C=O) groups is 1. The van der Waals surface area contributed by atoms with Crippen LogP contribution < -0.4 is 0 Å². The standard InChI is InChI=1S/C14H19NO3/c1-3-13(14(16)17)15-18-9-5-8-12-7-4-6-11(2)10-12/h4,6-7,10H,3,5,8-9H2,1-2H3,(H,16,17)/b15-13-. The number of hydrogen-bond donors (Lipinski definition) is 1. The van der Waals surface area contributed by atoms with Gasteiger partial charge in [-0.25, -0.2) is 4.79 Å². The highest BCUT2D eigenvalue weighted by atomic mass is 16.6. The first-order chi connectivity index (χ1) is 8.63. The van der Waals surface area contributed by atoms with Gasteiger partial charge in [0.15, 0.2) is 5.71 Å². The Kier molecular flexibility index (Phi) is 5.91. The number of aliphatic carboxylic acids is 1. The number of nitrogens with zero attached hydrogens (tertiary/aromatic N) is 1. The third-order valence-electron chi connectivity index (χ3n) is 2.54. The molecule has 4 heteroatoms. The smallest absolute Gasteiger partial charge is 0.353 e. The van der Waals surface area contributed by atoms with Crippen molar-refractivity contribution in [1.29, 1.82) is 0 Å². The van der Waals surface area contributed by atoms with Crippen molar-refractivity contribution in [3.8, 4) is 0 Å². The van der Waals surface area contributed by atoms with E-state index in [4.69, 9.17) is 9.94 Å². The average Bonchev–Trinajstić information content (AvgIpc) is 2.33. The molecule has 0 radical (unpaired) electrons. The molecule has 0 unspecified atom stereocenters. The monoisotopic (exact) mass is 249 g/mol. The Bertz CT molecular complexity index is 427. The van der Waals surface area contributed by atoms with Crippen molar-refractivity contribution in [3.05, 3.63) is 35.4 Å². The van der Waals surface area contributed by atoms with E-state index in [0.717, 1.165) is 12.8 Å². The Hall–Kier alpha value is -1.84. The molecule has 0 aliphatic rings. The topological polar surface area (TPSA) is 58.9 Å². The molecule has 0 spiro atoms. The van der Waals surface area contributed by atoms with Crippen LogP contribution in [0.3, 0.4) is 0 Å². The van der Waals surface area contributed by atoms with E-state index < -0.39 is 5.97 Å². The largest absolute Gasteiger partial charge is 0.477 e. The molecule has 1 aromatic rings. The molecule has 0 amide bonds. The molecule has 0 fully saturated rings. The number of carboxylic acids is 1. The van der Waals surface area contributed by atoms with Gasteiger partial charge in [0.05, 0.1) is 0 Å². The van der Waals surface area contributed by atoms with Crippen LogP contribution >= 0.6 is 0 Å². The summed E-state index contributed by atoms with van der Waals surface area (Å²) in [5.41, 5.74) is 2.56. The van der Waals surface area contributed by atoms with Crippen LogP contribution in [0.1, 0.15) is 30.9 Å². The van der Waals surface area contributed by atoms with Crippen molar-refractivity contribution in [3.63, 3.8) is 0 Å². The number of oxime groups is 1. The minimum atomic E-state index is -1.02. The number of benzene rings is 1. The van der Waals surface area contributed by atoms with E-state index >= 15 is 0 Å². The molecule has 1 rings (SSSR count). The maximum Gasteiger partial charge on any atom is 0.353 e. The van der Waals surface area contributed by atoms with Crippen LogP contribution in [0.5, 0.6) is 0 Å². The summed E-state index contributed by atoms with van der Waals surface area (Å²) in [6.45, 7) is 4.23. The summed E-state index contributed by atoms with van der Waals surface area (Å²) in [5, 5.41) is 12.3. The fraction of sp³-hybridized carbons (Fsp3) is 0.429. The lowest BCUT2D eigenvalue weighted by molar-refractivity contribution is -0.129. The second-order valence-electron chi connectivity index (χ2n) is 4.12. The lowest BCUT2D eigenvalue weighted by atomic mass is 10.1. The van der Waals surface area contributed by atoms with Gasteiger partial charge >= 0.3 is 5.97 Å². The summed E-state index contributed by atoms with van der Waals surface area (Å²) in [6, 6.07) is 8.30. The highest BCUT2D eigenvalue weighted by molar-refractivity contribution is 6.35. The van der Waals surface area contributed by atoms with E-state index in [9.17, 15) is 4.79 Å². The SMILES string of the molecule is CC/C(=N/OCCCc1cccc(C)c1)C(=O)O. The molecular weight excluding hydrogens is 230 g/mol. The molecule has 0 aliphatic heterocycles. The van der Waals surface area contributed by atoms with Gasteiger partial charge in [-0.05, 0) is 31.7 Å². The molecule has 0 heterocycles. The van der Waals surface area contributed by atoms with Crippen LogP contribution in [-0.4, -0.2) is 23.4 Å². The highest BCUT2D eigenvalue weighted by Crippen LogP contribution is 2.06. The molecule has 0 aromatic heterocycles. The van der Waals surface area contributed by atoms with Gasteiger partial charge in [-0.2, -0.15) is 0 Å². The number of aryl methyl sites for hydroxylation is 2. The molecule has 1 aromatic carbocycles. The Morgan fingerprint density at radius 2 is 2.22 bits per heavy atom. The summed E-state index contributed by atoms with van der Waals surface area (Å²) in [5.74, 6) is -1.02. The minimum Gasteiger partial charge on any atom is -0.477 e. The third-order valence-corrected chi connectivity index (χ3v) is 2.54. The zero-order valence-corrected chi connectivity index (χ0v) is 10.8. The van der Waals surface area contributed by atoms with Crippen molar-refractivity contribution in [2.24, 2.45) is 5.16 Å². The summed E-state index contributed by atoms with van der Waals surface area (Å²) >= 11 is 0. The van der Waals surface area contributed by atoms with Crippen molar-refractivity contribution in [1.82, 2.24) is 0 Å². The van der Waals surface area contributed by atoms with E-state index in [1.54, 1.807) is 6.92 Å². The third kappa shape index (κ3) is 4.99. The molecule has 0 bridgehead atoms. The van der Waals surface area contributed by atoms with Crippen molar-refractivity contribution < 1.29 is 14.7 Å². The summed E-state index contributed by atoms with van der Waals surface area (Å²) in [4.78, 5) is 15.6. The van der Waals surface area contributed by atoms with Crippen LogP contribution in [0, 0.1) is 6.92 Å². The zero-order valence-electron chi connectivity index (χ0n) is 10.8. The minimum absolute atomic E-state index is 0.0607. The van der Waals surface area contributed by atoms with Crippen LogP contribution in [0.15, 0.2) is 29.4 Å². The van der Waals surface area contributed by atoms with E-state index in [-0.39, 0.29) is 5.71 Å². The first kappa shape index (κ1) is 14.2. The fourth-order valence-electron chi connectivity index (χ4n) is 1.59. The zero-order chi connectivity index (χ0) is 13.4. The van der Waals surface area contributed by atoms with Gasteiger partial charge in [0, 0.05) is 0 Å². The number of carboxylic acid groups (broad SMARTS) is 1. The molecule has 0 saturated carbocycles. The van der Waals surface area contributed by atoms with Gasteiger partial charge in [-0.15, -0.1) is 0 Å². The highest BCUT2D eigenvalue weighted by Gasteiger charge is 2.06. The second-order valence-corrected chi connectivity index (χ2v) is 4.12. The van der Waals surface area contributed by atoms with Crippen LogP contribution in [0.4, 0.5) is 0 Å². The second kappa shape index (κ2) is 7.48. The van der Waals surface area contributed by atoms with Crippen LogP contribution in [0.2, 0.25) is 0 Å². The number of rotatable bonds is 7. The van der Waals surface area contributed by atoms with Gasteiger partial charge in [-0.1, -0.05) is 41.9 Å². The van der Waals surface area contributed by atoms with Gasteiger partial charge in [0.2, 0.25) is 0 Å². The lowest BCUT2D eigenvalue weighted by Crippen LogP contribution is -2.12. The van der Waals surface area contributed by atoms with E-state index in [2.05, 4.69) is 30.3 Å². The predicted octanol–water partition coefficient (Wildman–Crippen LogP) is 2.79. The average molecular weight is 249 g/mol. The van der Waals surface area contributed by atoms with Crippen LogP contribution in [0.25, 0.3) is 0 Å². The maximum atomic E-state index is 10.6. The Morgan fingerprint density at radius 3 is 2.83 bits per heavy atom. The summed E-state index contributed by atoms with van der Waals surface area (Å²) in [6.07, 6.45) is 2.10. The normalized spacial score (nSPS) is 11.3. The van der Waals surface area contributed by atoms with Gasteiger partial charge in [0.1, 0.15) is 6.61 Å². The van der Waals surface area contributed by atoms with E-state index in [0.29, 0.717) is 13.0 Å². The molecule has 98 valence electrons. The van der Waals surface area contributed by atoms with Gasteiger partial charge in [-0.3, -0.25) is 0 Å². The first-order valence-electron chi connectivity index (χ1n) is 6.11. The Labute approximate surface area is 107 Å². The van der Waals surface area contributed by atoms with Crippen molar-refractivity contribution in [2.75, 3.05) is 6.61 Å².